The predicted molar refractivity (Wildman–Crippen MR) is 57.3 cm³/mol. The van der Waals surface area contributed by atoms with Crippen molar-refractivity contribution in [3.8, 4) is 0 Å². The van der Waals surface area contributed by atoms with Crippen LogP contribution in [0.15, 0.2) is 24.4 Å². The second kappa shape index (κ2) is 3.42. The first-order valence-electron chi connectivity index (χ1n) is 4.86. The highest BCUT2D eigenvalue weighted by molar-refractivity contribution is 5.47. The minimum atomic E-state index is 0.153. The lowest BCUT2D eigenvalue weighted by atomic mass is 10.2. The van der Waals surface area contributed by atoms with Crippen molar-refractivity contribution in [2.75, 3.05) is 0 Å². The van der Waals surface area contributed by atoms with Gasteiger partial charge >= 0.3 is 0 Å². The number of aryl methyl sites for hydroxylation is 1. The Labute approximate surface area is 83.6 Å². The molecule has 2 aromatic heterocycles. The average Bonchev–Trinajstić information content (AvgIpc) is 2.49. The standard InChI is InChI=1S/C11H15N3/c1-8(12)6-11-13-7-10-5-3-4-9(2)14(10)11/h3-5,7-8H,6,12H2,1-2H3. The molecule has 3 nitrogen and oxygen atoms in total. The first kappa shape index (κ1) is 9.21. The summed E-state index contributed by atoms with van der Waals surface area (Å²) in [6.45, 7) is 4.08. The van der Waals surface area contributed by atoms with Gasteiger partial charge in [-0.25, -0.2) is 4.98 Å². The fraction of sp³-hybridized carbons (Fsp3) is 0.364. The lowest BCUT2D eigenvalue weighted by Gasteiger charge is -2.06. The SMILES string of the molecule is Cc1cccc2cnc(CC(C)N)n12. The van der Waals surface area contributed by atoms with Crippen LogP contribution in [0.1, 0.15) is 18.4 Å². The number of nitrogens with zero attached hydrogens (tertiary/aromatic N) is 2. The molecule has 0 radical (unpaired) electrons. The van der Waals surface area contributed by atoms with Crippen molar-refractivity contribution in [1.29, 1.82) is 0 Å². The van der Waals surface area contributed by atoms with E-state index in [1.54, 1.807) is 0 Å². The monoisotopic (exact) mass is 189 g/mol. The summed E-state index contributed by atoms with van der Waals surface area (Å²) in [5.41, 5.74) is 8.12. The lowest BCUT2D eigenvalue weighted by Crippen LogP contribution is -2.19. The predicted octanol–water partition coefficient (Wildman–Crippen LogP) is 1.53. The number of hydrogen-bond donors (Lipinski definition) is 1. The molecule has 2 aromatic rings. The molecule has 1 unspecified atom stereocenters. The van der Waals surface area contributed by atoms with Crippen LogP contribution in [0.2, 0.25) is 0 Å². The van der Waals surface area contributed by atoms with E-state index < -0.39 is 0 Å². The summed E-state index contributed by atoms with van der Waals surface area (Å²) >= 11 is 0. The highest BCUT2D eigenvalue weighted by Gasteiger charge is 2.06. The molecule has 0 aliphatic heterocycles. The highest BCUT2D eigenvalue weighted by atomic mass is 15.0. The van der Waals surface area contributed by atoms with E-state index in [-0.39, 0.29) is 6.04 Å². The third kappa shape index (κ3) is 1.51. The molecule has 2 N–H and O–H groups in total. The van der Waals surface area contributed by atoms with Crippen molar-refractivity contribution in [3.05, 3.63) is 35.9 Å². The lowest BCUT2D eigenvalue weighted by molar-refractivity contribution is 0.697. The van der Waals surface area contributed by atoms with Crippen molar-refractivity contribution in [3.63, 3.8) is 0 Å². The Hall–Kier alpha value is -1.35. The first-order valence-corrected chi connectivity index (χ1v) is 4.86. The Morgan fingerprint density at radius 2 is 2.29 bits per heavy atom. The summed E-state index contributed by atoms with van der Waals surface area (Å²) < 4.78 is 2.16. The van der Waals surface area contributed by atoms with Crippen molar-refractivity contribution in [2.45, 2.75) is 26.3 Å². The molecule has 2 heterocycles. The smallest absolute Gasteiger partial charge is 0.114 e. The van der Waals surface area contributed by atoms with E-state index in [0.29, 0.717) is 0 Å². The van der Waals surface area contributed by atoms with Crippen LogP contribution in [0.25, 0.3) is 5.52 Å². The van der Waals surface area contributed by atoms with Crippen LogP contribution in [0.4, 0.5) is 0 Å². The molecule has 3 heteroatoms. The minimum absolute atomic E-state index is 0.153. The van der Waals surface area contributed by atoms with Gasteiger partial charge in [0.05, 0.1) is 11.7 Å². The van der Waals surface area contributed by atoms with Gasteiger partial charge in [-0.15, -0.1) is 0 Å². The fourth-order valence-corrected chi connectivity index (χ4v) is 1.72. The quantitative estimate of drug-likeness (QED) is 0.778. The van der Waals surface area contributed by atoms with Gasteiger partial charge in [0.1, 0.15) is 5.82 Å². The molecular formula is C11H15N3. The highest BCUT2D eigenvalue weighted by Crippen LogP contribution is 2.11. The Kier molecular flexibility index (Phi) is 2.25. The molecule has 0 fully saturated rings. The van der Waals surface area contributed by atoms with Gasteiger partial charge in [0.25, 0.3) is 0 Å². The van der Waals surface area contributed by atoms with Crippen LogP contribution in [0.3, 0.4) is 0 Å². The van der Waals surface area contributed by atoms with Crippen molar-refractivity contribution in [2.24, 2.45) is 5.73 Å². The fourth-order valence-electron chi connectivity index (χ4n) is 1.72. The number of pyridine rings is 1. The summed E-state index contributed by atoms with van der Waals surface area (Å²) in [7, 11) is 0. The number of aromatic nitrogens is 2. The molecular weight excluding hydrogens is 174 g/mol. The number of hydrogen-bond acceptors (Lipinski definition) is 2. The summed E-state index contributed by atoms with van der Waals surface area (Å²) in [6, 6.07) is 6.34. The molecule has 0 bridgehead atoms. The van der Waals surface area contributed by atoms with Crippen LogP contribution in [0.5, 0.6) is 0 Å². The van der Waals surface area contributed by atoms with E-state index in [1.807, 2.05) is 19.2 Å². The zero-order valence-electron chi connectivity index (χ0n) is 8.57. The zero-order chi connectivity index (χ0) is 10.1. The van der Waals surface area contributed by atoms with Gasteiger partial charge in [-0.1, -0.05) is 6.07 Å². The van der Waals surface area contributed by atoms with Gasteiger partial charge in [0.2, 0.25) is 0 Å². The third-order valence-electron chi connectivity index (χ3n) is 2.32. The van der Waals surface area contributed by atoms with Crippen molar-refractivity contribution >= 4 is 5.52 Å². The van der Waals surface area contributed by atoms with Crippen LogP contribution < -0.4 is 5.73 Å². The van der Waals surface area contributed by atoms with Crippen molar-refractivity contribution < 1.29 is 0 Å². The molecule has 0 spiro atoms. The van der Waals surface area contributed by atoms with E-state index >= 15 is 0 Å². The van der Waals surface area contributed by atoms with E-state index in [1.165, 1.54) is 5.69 Å². The number of nitrogens with two attached hydrogens (primary N) is 1. The maximum absolute atomic E-state index is 5.77. The second-order valence-corrected chi connectivity index (χ2v) is 3.78. The number of imidazole rings is 1. The number of fused-ring (bicyclic) bond motifs is 1. The normalized spacial score (nSPS) is 13.4. The maximum atomic E-state index is 5.77. The Bertz CT molecular complexity index is 443. The van der Waals surface area contributed by atoms with Gasteiger partial charge in [-0.05, 0) is 26.0 Å². The molecule has 0 aromatic carbocycles. The Morgan fingerprint density at radius 1 is 1.50 bits per heavy atom. The molecule has 0 aliphatic rings. The molecule has 0 saturated carbocycles. The van der Waals surface area contributed by atoms with Gasteiger partial charge < -0.3 is 10.1 Å². The summed E-state index contributed by atoms with van der Waals surface area (Å²) in [4.78, 5) is 4.38. The zero-order valence-corrected chi connectivity index (χ0v) is 8.57. The molecule has 14 heavy (non-hydrogen) atoms. The second-order valence-electron chi connectivity index (χ2n) is 3.78. The average molecular weight is 189 g/mol. The van der Waals surface area contributed by atoms with Crippen LogP contribution in [-0.4, -0.2) is 15.4 Å². The van der Waals surface area contributed by atoms with E-state index in [9.17, 15) is 0 Å². The Balaban J connectivity index is 2.55. The molecule has 0 saturated heterocycles. The largest absolute Gasteiger partial charge is 0.328 e. The minimum Gasteiger partial charge on any atom is -0.328 e. The maximum Gasteiger partial charge on any atom is 0.114 e. The van der Waals surface area contributed by atoms with Gasteiger partial charge in [0, 0.05) is 18.2 Å². The van der Waals surface area contributed by atoms with Crippen molar-refractivity contribution in [1.82, 2.24) is 9.38 Å². The van der Waals surface area contributed by atoms with Crippen LogP contribution >= 0.6 is 0 Å². The Morgan fingerprint density at radius 3 is 3.00 bits per heavy atom. The van der Waals surface area contributed by atoms with Gasteiger partial charge in [0.15, 0.2) is 0 Å². The molecule has 74 valence electrons. The molecule has 2 rings (SSSR count). The van der Waals surface area contributed by atoms with E-state index in [4.69, 9.17) is 5.73 Å². The van der Waals surface area contributed by atoms with Gasteiger partial charge in [-0.2, -0.15) is 0 Å². The summed E-state index contributed by atoms with van der Waals surface area (Å²) in [5.74, 6) is 1.05. The summed E-state index contributed by atoms with van der Waals surface area (Å²) in [6.07, 6.45) is 2.71. The van der Waals surface area contributed by atoms with E-state index in [2.05, 4.69) is 28.4 Å². The third-order valence-corrected chi connectivity index (χ3v) is 2.32. The molecule has 0 amide bonds. The summed E-state index contributed by atoms with van der Waals surface area (Å²) in [5, 5.41) is 0. The molecule has 1 atom stereocenters. The molecule has 0 aliphatic carbocycles. The number of rotatable bonds is 2. The van der Waals surface area contributed by atoms with E-state index in [0.717, 1.165) is 17.8 Å². The first-order chi connectivity index (χ1) is 6.68. The van der Waals surface area contributed by atoms with Gasteiger partial charge in [-0.3, -0.25) is 0 Å². The van der Waals surface area contributed by atoms with Crippen LogP contribution in [0, 0.1) is 6.92 Å². The van der Waals surface area contributed by atoms with Crippen LogP contribution in [-0.2, 0) is 6.42 Å². The topological polar surface area (TPSA) is 43.3 Å².